The predicted molar refractivity (Wildman–Crippen MR) is 155 cm³/mol. The lowest BCUT2D eigenvalue weighted by Crippen LogP contribution is -2.54. The second-order valence-corrected chi connectivity index (χ2v) is 10.6. The van der Waals surface area contributed by atoms with Gasteiger partial charge in [-0.2, -0.15) is 0 Å². The van der Waals surface area contributed by atoms with Gasteiger partial charge in [-0.3, -0.25) is 14.4 Å². The Morgan fingerprint density at radius 2 is 1.63 bits per heavy atom. The van der Waals surface area contributed by atoms with Gasteiger partial charge < -0.3 is 30.1 Å². The predicted octanol–water partition coefficient (Wildman–Crippen LogP) is 4.27. The fraction of sp³-hybridized carbons (Fsp3) is 0.484. The van der Waals surface area contributed by atoms with E-state index in [1.165, 1.54) is 11.0 Å². The van der Waals surface area contributed by atoms with Crippen LogP contribution in [-0.2, 0) is 30.3 Å². The third-order valence-corrected chi connectivity index (χ3v) is 6.03. The summed E-state index contributed by atoms with van der Waals surface area (Å²) in [5.74, 6) is -1.71. The number of ether oxygens (including phenoxy) is 2. The molecule has 2 aromatic carbocycles. The Morgan fingerprint density at radius 1 is 0.976 bits per heavy atom. The number of rotatable bonds is 14. The van der Waals surface area contributed by atoms with Crippen LogP contribution in [0.1, 0.15) is 71.0 Å². The molecule has 2 rings (SSSR count). The number of para-hydroxylation sites is 1. The van der Waals surface area contributed by atoms with Crippen molar-refractivity contribution in [3.05, 3.63) is 65.7 Å². The zero-order chi connectivity index (χ0) is 30.4. The Bertz CT molecular complexity index is 1150. The van der Waals surface area contributed by atoms with Crippen LogP contribution < -0.4 is 10.6 Å². The third kappa shape index (κ3) is 11.1. The smallest absolute Gasteiger partial charge is 0.408 e. The van der Waals surface area contributed by atoms with Crippen molar-refractivity contribution in [3.63, 3.8) is 0 Å². The minimum Gasteiger partial charge on any atom is -0.508 e. The molecule has 0 spiro atoms. The quantitative estimate of drug-likeness (QED) is 0.289. The summed E-state index contributed by atoms with van der Waals surface area (Å²) in [6.45, 7) is 9.22. The largest absolute Gasteiger partial charge is 0.508 e. The minimum atomic E-state index is -1.23. The average Bonchev–Trinajstić information content (AvgIpc) is 2.90. The van der Waals surface area contributed by atoms with E-state index < -0.39 is 41.6 Å². The SMILES string of the molecule is CCCCN(C(=O)C(Cc1ccccc1)NC(=O)OC(C)(C)C)C(C(=O)NCCC(=O)OCC)c1ccccc1O. The molecule has 10 heteroatoms. The van der Waals surface area contributed by atoms with E-state index in [-0.39, 0.29) is 43.9 Å². The Kier molecular flexibility index (Phi) is 13.1. The number of alkyl carbamates (subject to hydrolysis) is 1. The fourth-order valence-electron chi connectivity index (χ4n) is 4.18. The van der Waals surface area contributed by atoms with Gasteiger partial charge in [0.25, 0.3) is 0 Å². The van der Waals surface area contributed by atoms with Crippen molar-refractivity contribution in [2.45, 2.75) is 78.0 Å². The van der Waals surface area contributed by atoms with Gasteiger partial charge in [0.1, 0.15) is 23.4 Å². The molecule has 3 amide bonds. The van der Waals surface area contributed by atoms with Crippen LogP contribution in [0.2, 0.25) is 0 Å². The highest BCUT2D eigenvalue weighted by atomic mass is 16.6. The van der Waals surface area contributed by atoms with Crippen LogP contribution in [0.3, 0.4) is 0 Å². The summed E-state index contributed by atoms with van der Waals surface area (Å²) in [5.41, 5.74) is 0.236. The molecular formula is C31H43N3O7. The number of phenolic OH excluding ortho intramolecular Hbond substituents is 1. The van der Waals surface area contributed by atoms with Gasteiger partial charge in [0.15, 0.2) is 0 Å². The number of amides is 3. The van der Waals surface area contributed by atoms with Crippen molar-refractivity contribution in [1.29, 1.82) is 0 Å². The van der Waals surface area contributed by atoms with E-state index in [1.54, 1.807) is 45.9 Å². The summed E-state index contributed by atoms with van der Waals surface area (Å²) in [4.78, 5) is 54.0. The summed E-state index contributed by atoms with van der Waals surface area (Å²) >= 11 is 0. The number of nitrogens with zero attached hydrogens (tertiary/aromatic N) is 1. The van der Waals surface area contributed by atoms with Crippen LogP contribution in [0.15, 0.2) is 54.6 Å². The average molecular weight is 570 g/mol. The highest BCUT2D eigenvalue weighted by Gasteiger charge is 2.37. The molecule has 0 radical (unpaired) electrons. The molecule has 0 heterocycles. The van der Waals surface area contributed by atoms with E-state index in [9.17, 15) is 24.3 Å². The first-order chi connectivity index (χ1) is 19.5. The summed E-state index contributed by atoms with van der Waals surface area (Å²) in [6, 6.07) is 13.2. The number of nitrogens with one attached hydrogen (secondary N) is 2. The molecule has 0 saturated carbocycles. The lowest BCUT2D eigenvalue weighted by atomic mass is 9.99. The highest BCUT2D eigenvalue weighted by molar-refractivity contribution is 5.92. The lowest BCUT2D eigenvalue weighted by Gasteiger charge is -2.34. The van der Waals surface area contributed by atoms with Gasteiger partial charge in [-0.25, -0.2) is 4.79 Å². The molecule has 0 aliphatic rings. The molecule has 0 aliphatic carbocycles. The standard InChI is InChI=1S/C31H43N3O7/c1-6-8-20-34(27(23-16-12-13-17-25(23)35)28(37)32-19-18-26(36)40-7-2)29(38)24(21-22-14-10-9-11-15-22)33-30(39)41-31(3,4)5/h9-17,24,27,35H,6-8,18-21H2,1-5H3,(H,32,37)(H,33,39). The maximum Gasteiger partial charge on any atom is 0.408 e. The van der Waals surface area contributed by atoms with Gasteiger partial charge in [0.05, 0.1) is 13.0 Å². The van der Waals surface area contributed by atoms with Gasteiger partial charge in [0, 0.05) is 25.1 Å². The molecule has 0 aromatic heterocycles. The van der Waals surface area contributed by atoms with Gasteiger partial charge in [-0.1, -0.05) is 61.9 Å². The Balaban J connectivity index is 2.49. The molecule has 3 N–H and O–H groups in total. The van der Waals surface area contributed by atoms with Crippen molar-refractivity contribution in [3.8, 4) is 5.75 Å². The number of unbranched alkanes of at least 4 members (excludes halogenated alkanes) is 1. The van der Waals surface area contributed by atoms with Crippen LogP contribution >= 0.6 is 0 Å². The van der Waals surface area contributed by atoms with E-state index in [4.69, 9.17) is 9.47 Å². The second kappa shape index (κ2) is 16.2. The normalized spacial score (nSPS) is 12.5. The van der Waals surface area contributed by atoms with E-state index >= 15 is 0 Å². The third-order valence-electron chi connectivity index (χ3n) is 6.03. The molecule has 0 aliphatic heterocycles. The second-order valence-electron chi connectivity index (χ2n) is 10.6. The zero-order valence-corrected chi connectivity index (χ0v) is 24.6. The summed E-state index contributed by atoms with van der Waals surface area (Å²) in [7, 11) is 0. The number of hydrogen-bond acceptors (Lipinski definition) is 7. The van der Waals surface area contributed by atoms with Crippen molar-refractivity contribution in [2.24, 2.45) is 0 Å². The Hall–Kier alpha value is -4.08. The Morgan fingerprint density at radius 3 is 2.24 bits per heavy atom. The van der Waals surface area contributed by atoms with Crippen LogP contribution in [0, 0.1) is 0 Å². The lowest BCUT2D eigenvalue weighted by molar-refractivity contribution is -0.144. The fourth-order valence-corrected chi connectivity index (χ4v) is 4.18. The first-order valence-electron chi connectivity index (χ1n) is 14.0. The number of phenols is 1. The maximum atomic E-state index is 14.3. The molecule has 2 unspecified atom stereocenters. The van der Waals surface area contributed by atoms with E-state index in [2.05, 4.69) is 10.6 Å². The van der Waals surface area contributed by atoms with Gasteiger partial charge in [-0.05, 0) is 45.7 Å². The molecule has 10 nitrogen and oxygen atoms in total. The molecule has 0 fully saturated rings. The van der Waals surface area contributed by atoms with Crippen molar-refractivity contribution in [2.75, 3.05) is 19.7 Å². The minimum absolute atomic E-state index is 0.0127. The van der Waals surface area contributed by atoms with Crippen LogP contribution in [0.25, 0.3) is 0 Å². The first-order valence-corrected chi connectivity index (χ1v) is 14.0. The van der Waals surface area contributed by atoms with Gasteiger partial charge >= 0.3 is 12.1 Å². The maximum absolute atomic E-state index is 14.3. The van der Waals surface area contributed by atoms with Crippen LogP contribution in [-0.4, -0.2) is 65.2 Å². The number of carbonyl (C=O) groups is 4. The number of aromatic hydroxyl groups is 1. The molecule has 224 valence electrons. The number of benzene rings is 2. The summed E-state index contributed by atoms with van der Waals surface area (Å²) in [6.07, 6.45) is 0.632. The molecule has 0 saturated heterocycles. The van der Waals surface area contributed by atoms with Crippen LogP contribution in [0.4, 0.5) is 4.79 Å². The van der Waals surface area contributed by atoms with Crippen molar-refractivity contribution < 1.29 is 33.8 Å². The van der Waals surface area contributed by atoms with Gasteiger partial charge in [0.2, 0.25) is 11.8 Å². The molecule has 2 atom stereocenters. The van der Waals surface area contributed by atoms with Crippen molar-refractivity contribution in [1.82, 2.24) is 15.5 Å². The van der Waals surface area contributed by atoms with Gasteiger partial charge in [-0.15, -0.1) is 0 Å². The molecular weight excluding hydrogens is 526 g/mol. The number of carbonyl (C=O) groups excluding carboxylic acids is 4. The summed E-state index contributed by atoms with van der Waals surface area (Å²) < 4.78 is 10.4. The number of hydrogen-bond donors (Lipinski definition) is 3. The zero-order valence-electron chi connectivity index (χ0n) is 24.6. The topological polar surface area (TPSA) is 134 Å². The number of esters is 1. The summed E-state index contributed by atoms with van der Waals surface area (Å²) in [5, 5.41) is 16.2. The Labute approximate surface area is 242 Å². The molecule has 41 heavy (non-hydrogen) atoms. The van der Waals surface area contributed by atoms with Crippen LogP contribution in [0.5, 0.6) is 5.75 Å². The first kappa shape index (κ1) is 33.1. The molecule has 2 aromatic rings. The van der Waals surface area contributed by atoms with Crippen molar-refractivity contribution >= 4 is 23.9 Å². The highest BCUT2D eigenvalue weighted by Crippen LogP contribution is 2.30. The molecule has 0 bridgehead atoms. The van der Waals surface area contributed by atoms with E-state index in [0.29, 0.717) is 6.42 Å². The monoisotopic (exact) mass is 569 g/mol. The van der Waals surface area contributed by atoms with E-state index in [1.807, 2.05) is 37.3 Å². The van der Waals surface area contributed by atoms with E-state index in [0.717, 1.165) is 12.0 Å².